The Bertz CT molecular complexity index is 991. The van der Waals surface area contributed by atoms with Crippen LogP contribution in [-0.2, 0) is 13.1 Å². The molecule has 1 saturated heterocycles. The molecular formula is C25H32Cl2N4. The van der Waals surface area contributed by atoms with E-state index in [1.807, 2.05) is 12.1 Å². The van der Waals surface area contributed by atoms with Gasteiger partial charge in [-0.2, -0.15) is 0 Å². The zero-order chi connectivity index (χ0) is 21.6. The summed E-state index contributed by atoms with van der Waals surface area (Å²) in [7, 11) is 0. The second kappa shape index (κ2) is 10.8. The molecule has 6 heteroatoms. The van der Waals surface area contributed by atoms with Crippen LogP contribution >= 0.6 is 23.2 Å². The number of rotatable bonds is 9. The summed E-state index contributed by atoms with van der Waals surface area (Å²) < 4.78 is 2.34. The van der Waals surface area contributed by atoms with Gasteiger partial charge in [0.25, 0.3) is 0 Å². The van der Waals surface area contributed by atoms with E-state index in [1.165, 1.54) is 30.4 Å². The third-order valence-electron chi connectivity index (χ3n) is 6.17. The van der Waals surface area contributed by atoms with Gasteiger partial charge in [-0.25, -0.2) is 4.98 Å². The molecule has 0 atom stereocenters. The van der Waals surface area contributed by atoms with Crippen LogP contribution in [0, 0.1) is 0 Å². The van der Waals surface area contributed by atoms with E-state index in [4.69, 9.17) is 28.2 Å². The third kappa shape index (κ3) is 5.61. The molecule has 0 saturated carbocycles. The van der Waals surface area contributed by atoms with E-state index in [2.05, 4.69) is 46.4 Å². The molecule has 2 N–H and O–H groups in total. The molecule has 0 amide bonds. The van der Waals surface area contributed by atoms with Crippen molar-refractivity contribution in [2.24, 2.45) is 0 Å². The quantitative estimate of drug-likeness (QED) is 0.378. The lowest BCUT2D eigenvalue weighted by molar-refractivity contribution is 0.435. The van der Waals surface area contributed by atoms with Crippen molar-refractivity contribution in [3.05, 3.63) is 63.4 Å². The molecule has 2 heterocycles. The fraction of sp³-hybridized carbons (Fsp3) is 0.480. The highest BCUT2D eigenvalue weighted by molar-refractivity contribution is 6.42. The minimum atomic E-state index is 0.456. The number of unbranched alkanes of at least 4 members (excludes halogenated alkanes) is 2. The maximum atomic E-state index is 6.37. The molecule has 0 radical (unpaired) electrons. The smallest absolute Gasteiger partial charge is 0.113 e. The number of benzene rings is 2. The maximum Gasteiger partial charge on any atom is 0.113 e. The van der Waals surface area contributed by atoms with Crippen LogP contribution in [0.1, 0.15) is 61.9 Å². The zero-order valence-corrected chi connectivity index (χ0v) is 19.8. The van der Waals surface area contributed by atoms with Crippen LogP contribution < -0.4 is 10.6 Å². The number of imidazole rings is 1. The summed E-state index contributed by atoms with van der Waals surface area (Å²) in [6.07, 6.45) is 6.00. The summed E-state index contributed by atoms with van der Waals surface area (Å²) >= 11 is 12.7. The van der Waals surface area contributed by atoms with Crippen LogP contribution in [0.2, 0.25) is 10.0 Å². The normalized spacial score (nSPS) is 15.1. The number of nitrogens with one attached hydrogen (secondary N) is 2. The van der Waals surface area contributed by atoms with Crippen LogP contribution in [-0.4, -0.2) is 29.2 Å². The summed E-state index contributed by atoms with van der Waals surface area (Å²) in [6, 6.07) is 12.8. The third-order valence-corrected chi connectivity index (χ3v) is 6.90. The largest absolute Gasteiger partial charge is 0.323 e. The van der Waals surface area contributed by atoms with E-state index in [1.54, 1.807) is 0 Å². The van der Waals surface area contributed by atoms with Gasteiger partial charge in [0.15, 0.2) is 0 Å². The van der Waals surface area contributed by atoms with Crippen molar-refractivity contribution in [1.82, 2.24) is 20.2 Å². The Kier molecular flexibility index (Phi) is 7.89. The molecule has 1 fully saturated rings. The van der Waals surface area contributed by atoms with E-state index < -0.39 is 0 Å². The molecule has 2 aromatic carbocycles. The Balaban J connectivity index is 1.54. The van der Waals surface area contributed by atoms with Gasteiger partial charge in [-0.05, 0) is 62.2 Å². The molecule has 0 spiro atoms. The van der Waals surface area contributed by atoms with E-state index in [-0.39, 0.29) is 0 Å². The molecule has 0 aliphatic carbocycles. The Labute approximate surface area is 195 Å². The van der Waals surface area contributed by atoms with Crippen molar-refractivity contribution < 1.29 is 0 Å². The minimum Gasteiger partial charge on any atom is -0.323 e. The highest BCUT2D eigenvalue weighted by atomic mass is 35.5. The molecule has 0 bridgehead atoms. The van der Waals surface area contributed by atoms with E-state index >= 15 is 0 Å². The average molecular weight is 459 g/mol. The van der Waals surface area contributed by atoms with Crippen molar-refractivity contribution in [3.8, 4) is 0 Å². The minimum absolute atomic E-state index is 0.456. The fourth-order valence-electron chi connectivity index (χ4n) is 4.37. The summed E-state index contributed by atoms with van der Waals surface area (Å²) in [5.41, 5.74) is 4.58. The van der Waals surface area contributed by atoms with E-state index in [0.29, 0.717) is 16.0 Å². The number of aromatic nitrogens is 2. The molecular weight excluding hydrogens is 427 g/mol. The Morgan fingerprint density at radius 1 is 1.03 bits per heavy atom. The molecule has 3 aromatic rings. The van der Waals surface area contributed by atoms with Crippen molar-refractivity contribution in [2.45, 2.75) is 58.0 Å². The molecule has 1 aliphatic rings. The highest BCUT2D eigenvalue weighted by Crippen LogP contribution is 2.33. The first-order valence-corrected chi connectivity index (χ1v) is 12.3. The topological polar surface area (TPSA) is 41.9 Å². The highest BCUT2D eigenvalue weighted by Gasteiger charge is 2.23. The number of hydrogen-bond donors (Lipinski definition) is 2. The first-order chi connectivity index (χ1) is 15.2. The van der Waals surface area contributed by atoms with Gasteiger partial charge in [0.1, 0.15) is 5.82 Å². The monoisotopic (exact) mass is 458 g/mol. The van der Waals surface area contributed by atoms with E-state index in [0.717, 1.165) is 62.4 Å². The Morgan fingerprint density at radius 3 is 2.48 bits per heavy atom. The Morgan fingerprint density at radius 2 is 1.74 bits per heavy atom. The summed E-state index contributed by atoms with van der Waals surface area (Å²) in [5.74, 6) is 1.61. The van der Waals surface area contributed by atoms with Gasteiger partial charge in [0.2, 0.25) is 0 Å². The lowest BCUT2D eigenvalue weighted by Gasteiger charge is -2.23. The number of halogens is 2. The van der Waals surface area contributed by atoms with Crippen LogP contribution in [0.5, 0.6) is 0 Å². The molecule has 4 nitrogen and oxygen atoms in total. The summed E-state index contributed by atoms with van der Waals surface area (Å²) in [6.45, 7) is 7.11. The van der Waals surface area contributed by atoms with Crippen LogP contribution in [0.25, 0.3) is 11.0 Å². The second-order valence-corrected chi connectivity index (χ2v) is 9.35. The lowest BCUT2D eigenvalue weighted by Crippen LogP contribution is -2.28. The second-order valence-electron chi connectivity index (χ2n) is 8.54. The summed E-state index contributed by atoms with van der Waals surface area (Å²) in [4.78, 5) is 5.00. The number of hydrogen-bond acceptors (Lipinski definition) is 3. The van der Waals surface area contributed by atoms with Gasteiger partial charge >= 0.3 is 0 Å². The number of piperidine rings is 1. The molecule has 1 aromatic heterocycles. The van der Waals surface area contributed by atoms with Crippen molar-refractivity contribution in [3.63, 3.8) is 0 Å². The lowest BCUT2D eigenvalue weighted by atomic mass is 9.97. The molecule has 166 valence electrons. The van der Waals surface area contributed by atoms with Crippen LogP contribution in [0.3, 0.4) is 0 Å². The maximum absolute atomic E-state index is 6.37. The number of nitrogens with zero attached hydrogens (tertiary/aromatic N) is 2. The Hall–Kier alpha value is -1.59. The van der Waals surface area contributed by atoms with Gasteiger partial charge < -0.3 is 15.2 Å². The van der Waals surface area contributed by atoms with Crippen molar-refractivity contribution in [2.75, 3.05) is 19.6 Å². The predicted octanol–water partition coefficient (Wildman–Crippen LogP) is 6.14. The van der Waals surface area contributed by atoms with Crippen LogP contribution in [0.15, 0.2) is 36.4 Å². The SMILES string of the molecule is CCCCCNCc1ccc(Cn2c(C3CCNCC3)nc3cc(Cl)c(Cl)cc32)cc1. The van der Waals surface area contributed by atoms with Gasteiger partial charge in [-0.1, -0.05) is 67.2 Å². The molecule has 1 aliphatic heterocycles. The van der Waals surface area contributed by atoms with Gasteiger partial charge in [-0.3, -0.25) is 0 Å². The van der Waals surface area contributed by atoms with Crippen molar-refractivity contribution in [1.29, 1.82) is 0 Å². The molecule has 31 heavy (non-hydrogen) atoms. The summed E-state index contributed by atoms with van der Waals surface area (Å²) in [5, 5.41) is 8.14. The molecule has 0 unspecified atom stereocenters. The molecule has 4 rings (SSSR count). The zero-order valence-electron chi connectivity index (χ0n) is 18.3. The van der Waals surface area contributed by atoms with Crippen molar-refractivity contribution >= 4 is 34.2 Å². The first-order valence-electron chi connectivity index (χ1n) is 11.5. The predicted molar refractivity (Wildman–Crippen MR) is 131 cm³/mol. The van der Waals surface area contributed by atoms with Crippen LogP contribution in [0.4, 0.5) is 0 Å². The van der Waals surface area contributed by atoms with Gasteiger partial charge in [0, 0.05) is 19.0 Å². The van der Waals surface area contributed by atoms with Gasteiger partial charge in [-0.15, -0.1) is 0 Å². The first kappa shape index (κ1) is 22.6. The number of fused-ring (bicyclic) bond motifs is 1. The van der Waals surface area contributed by atoms with Gasteiger partial charge in [0.05, 0.1) is 21.1 Å². The average Bonchev–Trinajstić information content (AvgIpc) is 3.12. The fourth-order valence-corrected chi connectivity index (χ4v) is 4.69. The van der Waals surface area contributed by atoms with E-state index in [9.17, 15) is 0 Å². The standard InChI is InChI=1S/C25H32Cl2N4/c1-2-3-4-11-29-16-18-5-7-19(8-6-18)17-31-24-15-22(27)21(26)14-23(24)30-25(31)20-9-12-28-13-10-20/h5-8,14-15,20,28-29H,2-4,9-13,16-17H2,1H3.